The molecule has 0 spiro atoms. The lowest BCUT2D eigenvalue weighted by Crippen LogP contribution is -2.45. The van der Waals surface area contributed by atoms with Crippen molar-refractivity contribution < 1.29 is 45.0 Å². The molecular weight excluding hydrogens is 521 g/mol. The second-order valence-corrected chi connectivity index (χ2v) is 9.31. The molecule has 4 atom stereocenters. The van der Waals surface area contributed by atoms with Crippen molar-refractivity contribution in [1.29, 1.82) is 0 Å². The van der Waals surface area contributed by atoms with E-state index >= 15 is 0 Å². The smallest absolute Gasteiger partial charge is 0.383 e. The lowest BCUT2D eigenvalue weighted by molar-refractivity contribution is -0.143. The van der Waals surface area contributed by atoms with Crippen molar-refractivity contribution in [2.45, 2.75) is 56.3 Å². The van der Waals surface area contributed by atoms with Crippen LogP contribution in [0.3, 0.4) is 0 Å². The number of hydrogen-bond donors (Lipinski definition) is 1. The Balaban J connectivity index is 1.96. The molecule has 3 unspecified atom stereocenters. The van der Waals surface area contributed by atoms with Crippen molar-refractivity contribution in [3.05, 3.63) is 70.5 Å². The molecule has 0 bridgehead atoms. The molecule has 3 rings (SSSR count). The maximum Gasteiger partial charge on any atom is 0.416 e. The second-order valence-electron chi connectivity index (χ2n) is 9.31. The van der Waals surface area contributed by atoms with Gasteiger partial charge < -0.3 is 15.2 Å². The minimum Gasteiger partial charge on any atom is -0.383 e. The number of primary amides is 1. The Kier molecular flexibility index (Phi) is 9.43. The number of benzene rings is 2. The average molecular weight is 551 g/mol. The number of carbonyl (C=O) groups excluding carboxylic acids is 1. The third kappa shape index (κ3) is 7.45. The van der Waals surface area contributed by atoms with Crippen LogP contribution >= 0.6 is 0 Å². The van der Waals surface area contributed by atoms with E-state index in [0.29, 0.717) is 37.1 Å². The highest BCUT2D eigenvalue weighted by Gasteiger charge is 2.43. The highest BCUT2D eigenvalue weighted by molar-refractivity contribution is 5.76. The summed E-state index contributed by atoms with van der Waals surface area (Å²) in [5.74, 6) is -1.53. The van der Waals surface area contributed by atoms with E-state index in [1.165, 1.54) is 26.2 Å². The maximum absolute atomic E-state index is 13.7. The van der Waals surface area contributed by atoms with E-state index in [1.54, 1.807) is 17.0 Å². The molecule has 1 aliphatic rings. The molecule has 0 radical (unpaired) electrons. The fraction of sp³-hybridized carbons (Fsp3) is 0.500. The Morgan fingerprint density at radius 1 is 1.03 bits per heavy atom. The number of nitrogens with two attached hydrogens (primary N) is 1. The fourth-order valence-corrected chi connectivity index (χ4v) is 4.95. The Bertz CT molecular complexity index is 1060. The number of rotatable bonds is 10. The van der Waals surface area contributed by atoms with Gasteiger partial charge in [-0.1, -0.05) is 12.1 Å². The zero-order valence-electron chi connectivity index (χ0n) is 20.8. The minimum absolute atomic E-state index is 0.0701. The summed E-state index contributed by atoms with van der Waals surface area (Å²) < 4.78 is 105. The molecule has 210 valence electrons. The lowest BCUT2D eigenvalue weighted by atomic mass is 9.91. The predicted octanol–water partition coefficient (Wildman–Crippen LogP) is 5.69. The molecule has 0 aromatic heterocycles. The monoisotopic (exact) mass is 550 g/mol. The van der Waals surface area contributed by atoms with Gasteiger partial charge in [-0.15, -0.1) is 0 Å². The van der Waals surface area contributed by atoms with Crippen LogP contribution in [0.4, 0.5) is 30.7 Å². The molecule has 12 heteroatoms. The molecule has 2 aromatic carbocycles. The van der Waals surface area contributed by atoms with Crippen molar-refractivity contribution in [2.75, 3.05) is 26.8 Å². The van der Waals surface area contributed by atoms with Gasteiger partial charge in [-0.25, -0.2) is 4.39 Å². The van der Waals surface area contributed by atoms with E-state index in [2.05, 4.69) is 0 Å². The number of hydrogen-bond acceptors (Lipinski definition) is 4. The van der Waals surface area contributed by atoms with Crippen molar-refractivity contribution in [3.63, 3.8) is 0 Å². The third-order valence-corrected chi connectivity index (χ3v) is 6.69. The zero-order valence-corrected chi connectivity index (χ0v) is 20.8. The van der Waals surface area contributed by atoms with E-state index in [1.807, 2.05) is 0 Å². The Morgan fingerprint density at radius 2 is 1.61 bits per heavy atom. The van der Waals surface area contributed by atoms with Crippen LogP contribution in [0.15, 0.2) is 42.5 Å². The van der Waals surface area contributed by atoms with Gasteiger partial charge in [0, 0.05) is 25.6 Å². The number of methoxy groups -OCH3 is 1. The van der Waals surface area contributed by atoms with Crippen LogP contribution in [-0.2, 0) is 26.6 Å². The van der Waals surface area contributed by atoms with Gasteiger partial charge in [0.1, 0.15) is 5.82 Å². The number of carbonyl (C=O) groups is 1. The molecule has 2 N–H and O–H groups in total. The molecule has 38 heavy (non-hydrogen) atoms. The summed E-state index contributed by atoms with van der Waals surface area (Å²) in [4.78, 5) is 13.6. The summed E-state index contributed by atoms with van der Waals surface area (Å²) in [5.41, 5.74) is 2.96. The zero-order chi connectivity index (χ0) is 28.3. The Labute approximate surface area is 215 Å². The molecule has 5 nitrogen and oxygen atoms in total. The molecule has 1 amide bonds. The van der Waals surface area contributed by atoms with E-state index in [4.69, 9.17) is 15.2 Å². The molecular formula is C26H29F7N2O3. The molecule has 0 aliphatic heterocycles. The van der Waals surface area contributed by atoms with Gasteiger partial charge >= 0.3 is 12.4 Å². The summed E-state index contributed by atoms with van der Waals surface area (Å²) in [5, 5.41) is 0. The van der Waals surface area contributed by atoms with Gasteiger partial charge in [0.05, 0.1) is 36.5 Å². The highest BCUT2D eigenvalue weighted by atomic mass is 19.4. The molecule has 2 aromatic rings. The topological polar surface area (TPSA) is 64.8 Å². The van der Waals surface area contributed by atoms with Gasteiger partial charge in [-0.05, 0) is 61.2 Å². The Morgan fingerprint density at radius 3 is 2.11 bits per heavy atom. The summed E-state index contributed by atoms with van der Waals surface area (Å²) in [7, 11) is 1.49. The van der Waals surface area contributed by atoms with Crippen molar-refractivity contribution in [3.8, 4) is 0 Å². The van der Waals surface area contributed by atoms with Gasteiger partial charge in [-0.2, -0.15) is 26.3 Å². The van der Waals surface area contributed by atoms with E-state index in [0.717, 1.165) is 0 Å². The Hall–Kier alpha value is -2.70. The van der Waals surface area contributed by atoms with Crippen LogP contribution in [0.25, 0.3) is 0 Å². The predicted molar refractivity (Wildman–Crippen MR) is 125 cm³/mol. The number of ether oxygens (including phenoxy) is 2. The normalized spacial score (nSPS) is 21.2. The summed E-state index contributed by atoms with van der Waals surface area (Å²) in [6.45, 7) is 1.91. The number of alkyl halides is 6. The first kappa shape index (κ1) is 29.9. The minimum atomic E-state index is -4.98. The van der Waals surface area contributed by atoms with Crippen LogP contribution in [0.5, 0.6) is 0 Å². The highest BCUT2D eigenvalue weighted by Crippen LogP contribution is 2.43. The maximum atomic E-state index is 13.7. The molecule has 1 saturated carbocycles. The standard InChI is InChI=1S/C26H29F7N2O3/c1-15(17-11-18(25(28,29)30)13-19(12-17)26(31,32)33)38-22-8-7-21(35(9-10-37-2)14-23(34)36)24(22)16-3-5-20(27)6-4-16/h3-6,11-13,15,21-22,24H,7-10,14H2,1-2H3,(H2,34,36)/t15-,21?,22?,24?/m1/s1. The first-order valence-electron chi connectivity index (χ1n) is 11.9. The van der Waals surface area contributed by atoms with Crippen LogP contribution in [0.1, 0.15) is 54.0 Å². The van der Waals surface area contributed by atoms with Gasteiger partial charge in [-0.3, -0.25) is 9.69 Å². The second kappa shape index (κ2) is 12.0. The first-order valence-corrected chi connectivity index (χ1v) is 11.9. The third-order valence-electron chi connectivity index (χ3n) is 6.69. The first-order chi connectivity index (χ1) is 17.7. The number of halogens is 7. The van der Waals surface area contributed by atoms with E-state index in [-0.39, 0.29) is 30.8 Å². The van der Waals surface area contributed by atoms with Crippen LogP contribution < -0.4 is 5.73 Å². The van der Waals surface area contributed by atoms with Gasteiger partial charge in [0.25, 0.3) is 0 Å². The van der Waals surface area contributed by atoms with Crippen LogP contribution in [-0.4, -0.2) is 49.8 Å². The summed E-state index contributed by atoms with van der Waals surface area (Å²) in [6.07, 6.45) is -10.9. The summed E-state index contributed by atoms with van der Waals surface area (Å²) >= 11 is 0. The fourth-order valence-electron chi connectivity index (χ4n) is 4.95. The van der Waals surface area contributed by atoms with Crippen LogP contribution in [0.2, 0.25) is 0 Å². The van der Waals surface area contributed by atoms with E-state index in [9.17, 15) is 35.5 Å². The molecule has 1 aliphatic carbocycles. The molecule has 0 saturated heterocycles. The SMILES string of the molecule is COCCN(CC(N)=O)C1CCC(O[C@H](C)c2cc(C(F)(F)F)cc(C(F)(F)F)c2)C1c1ccc(F)cc1. The van der Waals surface area contributed by atoms with Gasteiger partial charge in [0.2, 0.25) is 5.91 Å². The van der Waals surface area contributed by atoms with E-state index < -0.39 is 53.3 Å². The van der Waals surface area contributed by atoms with Gasteiger partial charge in [0.15, 0.2) is 0 Å². The van der Waals surface area contributed by atoms with Crippen molar-refractivity contribution in [1.82, 2.24) is 4.90 Å². The van der Waals surface area contributed by atoms with Crippen molar-refractivity contribution in [2.24, 2.45) is 5.73 Å². The summed E-state index contributed by atoms with van der Waals surface area (Å²) in [6, 6.07) is 6.64. The lowest BCUT2D eigenvalue weighted by Gasteiger charge is -2.35. The molecule has 1 fully saturated rings. The number of amides is 1. The van der Waals surface area contributed by atoms with Crippen LogP contribution in [0, 0.1) is 5.82 Å². The quantitative estimate of drug-likeness (QED) is 0.386. The average Bonchev–Trinajstić information content (AvgIpc) is 3.23. The largest absolute Gasteiger partial charge is 0.416 e. The van der Waals surface area contributed by atoms with Crippen molar-refractivity contribution >= 4 is 5.91 Å². The number of nitrogens with zero attached hydrogens (tertiary/aromatic N) is 1. The molecule has 0 heterocycles.